The zero-order valence-electron chi connectivity index (χ0n) is 9.52. The summed E-state index contributed by atoms with van der Waals surface area (Å²) in [5, 5.41) is 9.05. The molecule has 0 aliphatic carbocycles. The first-order valence-electron chi connectivity index (χ1n) is 4.97. The van der Waals surface area contributed by atoms with E-state index in [2.05, 4.69) is 46.8 Å². The zero-order chi connectivity index (χ0) is 10.5. The fourth-order valence-electron chi connectivity index (χ4n) is 1.13. The van der Waals surface area contributed by atoms with Gasteiger partial charge in [-0.05, 0) is 39.5 Å². The van der Waals surface area contributed by atoms with Gasteiger partial charge in [-0.2, -0.15) is 5.26 Å². The summed E-state index contributed by atoms with van der Waals surface area (Å²) in [6, 6.07) is 2.42. The molecule has 1 atom stereocenters. The van der Waals surface area contributed by atoms with Gasteiger partial charge in [0.15, 0.2) is 0 Å². The van der Waals surface area contributed by atoms with Crippen molar-refractivity contribution >= 4 is 0 Å². The molecule has 0 N–H and O–H groups in total. The molecule has 0 aliphatic rings. The minimum absolute atomic E-state index is 0.161. The predicted octanol–water partition coefficient (Wildman–Crippen LogP) is 3.92. The van der Waals surface area contributed by atoms with Crippen LogP contribution in [-0.4, -0.2) is 0 Å². The molecule has 0 aromatic carbocycles. The van der Waals surface area contributed by atoms with E-state index in [-0.39, 0.29) is 5.41 Å². The summed E-state index contributed by atoms with van der Waals surface area (Å²) in [4.78, 5) is 0. The first kappa shape index (κ1) is 12.2. The summed E-state index contributed by atoms with van der Waals surface area (Å²) in [6.45, 7) is 10.5. The van der Waals surface area contributed by atoms with Crippen molar-refractivity contribution in [2.24, 2.45) is 11.3 Å². The summed E-state index contributed by atoms with van der Waals surface area (Å²) in [5.41, 5.74) is 1.18. The van der Waals surface area contributed by atoms with Gasteiger partial charge in [0.2, 0.25) is 0 Å². The Morgan fingerprint density at radius 2 is 2.00 bits per heavy atom. The van der Waals surface area contributed by atoms with Crippen molar-refractivity contribution in [3.63, 3.8) is 0 Å². The normalized spacial score (nSPS) is 14.8. The highest BCUT2D eigenvalue weighted by Gasteiger charge is 2.26. The lowest BCUT2D eigenvalue weighted by Gasteiger charge is -2.25. The lowest BCUT2D eigenvalue weighted by molar-refractivity contribution is 0.288. The molecule has 0 saturated heterocycles. The number of hydrogen-bond acceptors (Lipinski definition) is 1. The van der Waals surface area contributed by atoms with Crippen LogP contribution >= 0.6 is 0 Å². The first-order chi connectivity index (χ1) is 5.92. The summed E-state index contributed by atoms with van der Waals surface area (Å²) in [7, 11) is 0. The second kappa shape index (κ2) is 5.07. The van der Waals surface area contributed by atoms with Gasteiger partial charge in [0.25, 0.3) is 0 Å². The Morgan fingerprint density at radius 3 is 2.31 bits per heavy atom. The molecule has 0 amide bonds. The van der Waals surface area contributed by atoms with E-state index in [0.717, 1.165) is 12.8 Å². The molecular formula is C12H21N. The Kier molecular flexibility index (Phi) is 4.77. The molecule has 0 aromatic rings. The quantitative estimate of drug-likeness (QED) is 0.600. The minimum Gasteiger partial charge on any atom is -0.198 e. The third-order valence-electron chi connectivity index (χ3n) is 2.75. The van der Waals surface area contributed by atoms with Gasteiger partial charge in [-0.25, -0.2) is 0 Å². The molecule has 0 aliphatic heterocycles. The summed E-state index contributed by atoms with van der Waals surface area (Å²) in [5.74, 6) is 0.433. The molecular weight excluding hydrogens is 158 g/mol. The highest BCUT2D eigenvalue weighted by molar-refractivity contribution is 5.01. The molecule has 74 valence electrons. The standard InChI is InChI=1S/C12H21N/c1-10(2)7-6-8-12(5,9-13)11(3)4/h7,11H,6,8H2,1-5H3. The predicted molar refractivity (Wildman–Crippen MR) is 57.2 cm³/mol. The maximum atomic E-state index is 9.05. The number of nitriles is 1. The van der Waals surface area contributed by atoms with Gasteiger partial charge in [-0.3, -0.25) is 0 Å². The smallest absolute Gasteiger partial charge is 0.0689 e. The van der Waals surface area contributed by atoms with E-state index in [0.29, 0.717) is 5.92 Å². The second-order valence-electron chi connectivity index (χ2n) is 4.50. The van der Waals surface area contributed by atoms with Crippen molar-refractivity contribution in [2.75, 3.05) is 0 Å². The summed E-state index contributed by atoms with van der Waals surface area (Å²) >= 11 is 0. The van der Waals surface area contributed by atoms with Gasteiger partial charge in [0.1, 0.15) is 0 Å². The average molecular weight is 179 g/mol. The fraction of sp³-hybridized carbons (Fsp3) is 0.750. The monoisotopic (exact) mass is 179 g/mol. The molecule has 13 heavy (non-hydrogen) atoms. The first-order valence-corrected chi connectivity index (χ1v) is 4.97. The highest BCUT2D eigenvalue weighted by atomic mass is 14.4. The van der Waals surface area contributed by atoms with E-state index >= 15 is 0 Å². The van der Waals surface area contributed by atoms with E-state index < -0.39 is 0 Å². The minimum atomic E-state index is -0.161. The summed E-state index contributed by atoms with van der Waals surface area (Å²) < 4.78 is 0. The number of allylic oxidation sites excluding steroid dienone is 2. The number of rotatable bonds is 4. The maximum Gasteiger partial charge on any atom is 0.0689 e. The molecule has 1 heteroatoms. The molecule has 0 heterocycles. The van der Waals surface area contributed by atoms with E-state index in [1.807, 2.05) is 0 Å². The Bertz CT molecular complexity index is 216. The van der Waals surface area contributed by atoms with Crippen LogP contribution in [0.25, 0.3) is 0 Å². The van der Waals surface area contributed by atoms with Gasteiger partial charge >= 0.3 is 0 Å². The van der Waals surface area contributed by atoms with Gasteiger partial charge < -0.3 is 0 Å². The molecule has 0 spiro atoms. The molecule has 0 radical (unpaired) electrons. The summed E-state index contributed by atoms with van der Waals surface area (Å²) in [6.07, 6.45) is 4.19. The third kappa shape index (κ3) is 4.12. The average Bonchev–Trinajstić information content (AvgIpc) is 2.03. The Hall–Kier alpha value is -0.770. The molecule has 0 bridgehead atoms. The van der Waals surface area contributed by atoms with Gasteiger partial charge in [0.05, 0.1) is 11.5 Å². The van der Waals surface area contributed by atoms with Crippen LogP contribution in [0.1, 0.15) is 47.5 Å². The second-order valence-corrected chi connectivity index (χ2v) is 4.50. The Morgan fingerprint density at radius 1 is 1.46 bits per heavy atom. The van der Waals surface area contributed by atoms with Crippen LogP contribution in [0.4, 0.5) is 0 Å². The zero-order valence-corrected chi connectivity index (χ0v) is 9.52. The molecule has 1 unspecified atom stereocenters. The van der Waals surface area contributed by atoms with Crippen molar-refractivity contribution in [3.05, 3.63) is 11.6 Å². The van der Waals surface area contributed by atoms with Crippen molar-refractivity contribution < 1.29 is 0 Å². The van der Waals surface area contributed by atoms with Crippen LogP contribution in [0.15, 0.2) is 11.6 Å². The van der Waals surface area contributed by atoms with Crippen molar-refractivity contribution in [3.8, 4) is 6.07 Å². The lowest BCUT2D eigenvalue weighted by atomic mass is 9.77. The Labute approximate surface area is 82.5 Å². The fourth-order valence-corrected chi connectivity index (χ4v) is 1.13. The van der Waals surface area contributed by atoms with E-state index in [1.165, 1.54) is 5.57 Å². The maximum absolute atomic E-state index is 9.05. The van der Waals surface area contributed by atoms with Gasteiger partial charge in [-0.15, -0.1) is 0 Å². The molecule has 0 fully saturated rings. The van der Waals surface area contributed by atoms with E-state index in [9.17, 15) is 0 Å². The van der Waals surface area contributed by atoms with Gasteiger partial charge in [-0.1, -0.05) is 25.5 Å². The van der Waals surface area contributed by atoms with Crippen LogP contribution in [0, 0.1) is 22.7 Å². The highest BCUT2D eigenvalue weighted by Crippen LogP contribution is 2.31. The Balaban J connectivity index is 4.17. The number of nitrogens with zero attached hydrogens (tertiary/aromatic N) is 1. The van der Waals surface area contributed by atoms with Gasteiger partial charge in [0, 0.05) is 0 Å². The largest absolute Gasteiger partial charge is 0.198 e. The van der Waals surface area contributed by atoms with E-state index in [1.54, 1.807) is 0 Å². The van der Waals surface area contributed by atoms with Crippen LogP contribution in [0.2, 0.25) is 0 Å². The molecule has 0 saturated carbocycles. The molecule has 0 aromatic heterocycles. The van der Waals surface area contributed by atoms with Crippen LogP contribution in [-0.2, 0) is 0 Å². The van der Waals surface area contributed by atoms with Crippen LogP contribution < -0.4 is 0 Å². The van der Waals surface area contributed by atoms with Crippen molar-refractivity contribution in [1.82, 2.24) is 0 Å². The molecule has 0 rings (SSSR count). The van der Waals surface area contributed by atoms with Crippen LogP contribution in [0.5, 0.6) is 0 Å². The lowest BCUT2D eigenvalue weighted by Crippen LogP contribution is -2.20. The van der Waals surface area contributed by atoms with Crippen LogP contribution in [0.3, 0.4) is 0 Å². The third-order valence-corrected chi connectivity index (χ3v) is 2.75. The SMILES string of the molecule is CC(C)=CCCC(C)(C#N)C(C)C. The number of hydrogen-bond donors (Lipinski definition) is 0. The molecule has 1 nitrogen and oxygen atoms in total. The van der Waals surface area contributed by atoms with E-state index in [4.69, 9.17) is 5.26 Å². The van der Waals surface area contributed by atoms with Crippen molar-refractivity contribution in [2.45, 2.75) is 47.5 Å². The van der Waals surface area contributed by atoms with Crippen molar-refractivity contribution in [1.29, 1.82) is 5.26 Å². The topological polar surface area (TPSA) is 23.8 Å².